The Morgan fingerprint density at radius 1 is 1.06 bits per heavy atom. The second-order valence-corrected chi connectivity index (χ2v) is 9.96. The summed E-state index contributed by atoms with van der Waals surface area (Å²) in [5.74, 6) is -0.215. The number of nitrogens with one attached hydrogen (secondary N) is 3. The molecule has 0 unspecified atom stereocenters. The number of nitrogen functional groups attached to an aromatic ring is 1. The maximum Gasteiger partial charge on any atom is 0.272 e. The number of rotatable bonds is 8. The lowest BCUT2D eigenvalue weighted by molar-refractivity contribution is -0.120. The number of hydrogen-bond acceptors (Lipinski definition) is 6. The smallest absolute Gasteiger partial charge is 0.272 e. The molecule has 2 aromatic heterocycles. The number of halogens is 1. The zero-order valence-corrected chi connectivity index (χ0v) is 21.1. The van der Waals surface area contributed by atoms with Gasteiger partial charge in [-0.25, -0.2) is 13.4 Å². The van der Waals surface area contributed by atoms with Gasteiger partial charge in [-0.15, -0.1) is 12.4 Å². The molecule has 0 spiro atoms. The van der Waals surface area contributed by atoms with Gasteiger partial charge in [0.15, 0.2) is 0 Å². The summed E-state index contributed by atoms with van der Waals surface area (Å²) in [5.41, 5.74) is 7.37. The number of hydrogen-bond donors (Lipinski definition) is 4. The summed E-state index contributed by atoms with van der Waals surface area (Å²) in [4.78, 5) is 31.9. The van der Waals surface area contributed by atoms with Crippen LogP contribution < -0.4 is 21.3 Å². The lowest BCUT2D eigenvalue weighted by Gasteiger charge is -2.13. The maximum absolute atomic E-state index is 12.7. The second kappa shape index (κ2) is 11.2. The molecule has 0 aliphatic rings. The van der Waals surface area contributed by atoms with Crippen LogP contribution in [0.25, 0.3) is 10.8 Å². The molecule has 4 rings (SSSR count). The van der Waals surface area contributed by atoms with Crippen LogP contribution in [0.1, 0.15) is 22.4 Å². The number of aryl methyl sites for hydroxylation is 1. The molecule has 9 nitrogen and oxygen atoms in total. The van der Waals surface area contributed by atoms with Crippen molar-refractivity contribution in [2.45, 2.75) is 25.6 Å². The second-order valence-electron chi connectivity index (χ2n) is 8.23. The normalized spacial score (nSPS) is 11.0. The van der Waals surface area contributed by atoms with Crippen molar-refractivity contribution in [2.24, 2.45) is 0 Å². The number of nitrogens with zero attached hydrogens (tertiary/aromatic N) is 1. The minimum atomic E-state index is -3.88. The Kier molecular flexibility index (Phi) is 8.33. The van der Waals surface area contributed by atoms with Gasteiger partial charge in [0.2, 0.25) is 15.9 Å². The summed E-state index contributed by atoms with van der Waals surface area (Å²) >= 11 is 0. The van der Waals surface area contributed by atoms with E-state index in [1.807, 2.05) is 24.3 Å². The first-order chi connectivity index (χ1) is 16.7. The van der Waals surface area contributed by atoms with Crippen LogP contribution in [0.3, 0.4) is 0 Å². The maximum atomic E-state index is 12.7. The fourth-order valence-electron chi connectivity index (χ4n) is 3.79. The molecule has 5 N–H and O–H groups in total. The Balaban J connectivity index is 0.00000361. The van der Waals surface area contributed by atoms with E-state index in [-0.39, 0.29) is 48.3 Å². The molecular weight excluding hydrogens is 502 g/mol. The van der Waals surface area contributed by atoms with Gasteiger partial charge in [-0.05, 0) is 47.2 Å². The number of fused-ring (bicyclic) bond motifs is 1. The van der Waals surface area contributed by atoms with Crippen LogP contribution in [-0.4, -0.2) is 24.3 Å². The van der Waals surface area contributed by atoms with Crippen molar-refractivity contribution in [3.8, 4) is 0 Å². The highest BCUT2D eigenvalue weighted by molar-refractivity contribution is 7.91. The van der Waals surface area contributed by atoms with Crippen LogP contribution >= 0.6 is 12.4 Å². The predicted molar refractivity (Wildman–Crippen MR) is 143 cm³/mol. The van der Waals surface area contributed by atoms with E-state index in [1.54, 1.807) is 49.5 Å². The number of sulfonamides is 1. The molecule has 0 aliphatic heterocycles. The minimum absolute atomic E-state index is 0. The van der Waals surface area contributed by atoms with Crippen molar-refractivity contribution in [3.05, 3.63) is 99.6 Å². The number of aromatic nitrogens is 2. The highest BCUT2D eigenvalue weighted by atomic mass is 35.5. The van der Waals surface area contributed by atoms with Crippen LogP contribution in [0, 0.1) is 6.92 Å². The Hall–Kier alpha value is -3.89. The number of anilines is 2. The third-order valence-corrected chi connectivity index (χ3v) is 6.64. The molecule has 0 radical (unpaired) electrons. The molecule has 0 bridgehead atoms. The number of pyridine rings is 2. The monoisotopic (exact) mass is 527 g/mol. The number of H-pyrrole nitrogens is 1. The molecule has 11 heteroatoms. The van der Waals surface area contributed by atoms with Crippen molar-refractivity contribution in [1.82, 2.24) is 15.3 Å². The van der Waals surface area contributed by atoms with E-state index in [2.05, 4.69) is 20.0 Å². The molecule has 188 valence electrons. The lowest BCUT2D eigenvalue weighted by Crippen LogP contribution is -2.28. The lowest BCUT2D eigenvalue weighted by atomic mass is 10.1. The van der Waals surface area contributed by atoms with Crippen LogP contribution in [0.4, 0.5) is 11.5 Å². The first-order valence-electron chi connectivity index (χ1n) is 10.9. The molecule has 0 fully saturated rings. The van der Waals surface area contributed by atoms with E-state index in [0.717, 1.165) is 16.3 Å². The van der Waals surface area contributed by atoms with Crippen molar-refractivity contribution in [1.29, 1.82) is 0 Å². The van der Waals surface area contributed by atoms with Gasteiger partial charge in [0, 0.05) is 23.8 Å². The minimum Gasteiger partial charge on any atom is -0.383 e. The van der Waals surface area contributed by atoms with E-state index in [0.29, 0.717) is 17.1 Å². The fraction of sp³-hybridized carbons (Fsp3) is 0.160. The average molecular weight is 528 g/mol. The molecule has 0 saturated carbocycles. The number of benzene rings is 2. The molecule has 0 saturated heterocycles. The number of carbonyl (C=O) groups excluding carboxylic acids is 1. The molecule has 0 aliphatic carbocycles. The highest BCUT2D eigenvalue weighted by Gasteiger charge is 2.19. The largest absolute Gasteiger partial charge is 0.383 e. The highest BCUT2D eigenvalue weighted by Crippen LogP contribution is 2.20. The Bertz CT molecular complexity index is 1560. The van der Waals surface area contributed by atoms with Gasteiger partial charge in [0.1, 0.15) is 11.5 Å². The topological polar surface area (TPSA) is 147 Å². The third-order valence-electron chi connectivity index (χ3n) is 5.41. The molecule has 1 amide bonds. The van der Waals surface area contributed by atoms with Crippen molar-refractivity contribution >= 4 is 50.6 Å². The van der Waals surface area contributed by atoms with Crippen molar-refractivity contribution in [3.63, 3.8) is 0 Å². The predicted octanol–water partition coefficient (Wildman–Crippen LogP) is 3.04. The van der Waals surface area contributed by atoms with Gasteiger partial charge in [0.25, 0.3) is 5.56 Å². The van der Waals surface area contributed by atoms with E-state index >= 15 is 0 Å². The Morgan fingerprint density at radius 3 is 2.56 bits per heavy atom. The van der Waals surface area contributed by atoms with Gasteiger partial charge < -0.3 is 16.0 Å². The van der Waals surface area contributed by atoms with E-state index in [4.69, 9.17) is 5.73 Å². The first-order valence-corrected chi connectivity index (χ1v) is 12.5. The summed E-state index contributed by atoms with van der Waals surface area (Å²) in [6.07, 6.45) is 1.45. The SMILES string of the molecule is Cc1cc(CC(=O)NCc2ccc3c(N)nccc3c2)c(NS(=O)(=O)Cc2ccccc2)c(=O)[nH]1.Cl. The third kappa shape index (κ3) is 6.61. The molecule has 2 aromatic carbocycles. The van der Waals surface area contributed by atoms with Gasteiger partial charge in [-0.1, -0.05) is 42.5 Å². The average Bonchev–Trinajstić information content (AvgIpc) is 2.80. The number of nitrogens with two attached hydrogens (primary N) is 1. The first kappa shape index (κ1) is 26.7. The van der Waals surface area contributed by atoms with Gasteiger partial charge in [-0.3, -0.25) is 14.3 Å². The summed E-state index contributed by atoms with van der Waals surface area (Å²) in [5, 5.41) is 4.56. The van der Waals surface area contributed by atoms with E-state index < -0.39 is 15.6 Å². The fourth-order valence-corrected chi connectivity index (χ4v) is 5.03. The van der Waals surface area contributed by atoms with Crippen LogP contribution in [0.2, 0.25) is 0 Å². The molecular formula is C25H26ClN5O4S. The zero-order valence-electron chi connectivity index (χ0n) is 19.4. The van der Waals surface area contributed by atoms with Crippen LogP contribution in [-0.2, 0) is 33.5 Å². The summed E-state index contributed by atoms with van der Waals surface area (Å²) in [7, 11) is -3.88. The standard InChI is InChI=1S/C25H25N5O4S.ClH/c1-16-11-20(23(25(32)29-16)30-35(33,34)15-17-5-3-2-4-6-17)13-22(31)28-14-18-7-8-21-19(12-18)9-10-27-24(21)26;/h2-12,30H,13-15H2,1H3,(H2,26,27)(H,28,31)(H,29,32);1H. The number of carbonyl (C=O) groups is 1. The molecule has 36 heavy (non-hydrogen) atoms. The summed E-state index contributed by atoms with van der Waals surface area (Å²) < 4.78 is 27.8. The van der Waals surface area contributed by atoms with Gasteiger partial charge in [0.05, 0.1) is 12.2 Å². The summed E-state index contributed by atoms with van der Waals surface area (Å²) in [6.45, 7) is 1.93. The quantitative estimate of drug-likeness (QED) is 0.277. The molecule has 4 aromatic rings. The van der Waals surface area contributed by atoms with Crippen molar-refractivity contribution in [2.75, 3.05) is 10.5 Å². The number of amides is 1. The summed E-state index contributed by atoms with van der Waals surface area (Å²) in [6, 6.07) is 17.7. The van der Waals surface area contributed by atoms with Crippen LogP contribution in [0.5, 0.6) is 0 Å². The van der Waals surface area contributed by atoms with Crippen molar-refractivity contribution < 1.29 is 13.2 Å². The van der Waals surface area contributed by atoms with Gasteiger partial charge in [-0.2, -0.15) is 0 Å². The van der Waals surface area contributed by atoms with Crippen LogP contribution in [0.15, 0.2) is 71.7 Å². The molecule has 2 heterocycles. The Labute approximate surface area is 214 Å². The van der Waals surface area contributed by atoms with Gasteiger partial charge >= 0.3 is 0 Å². The number of aromatic amines is 1. The van der Waals surface area contributed by atoms with E-state index in [1.165, 1.54) is 0 Å². The molecule has 0 atom stereocenters. The zero-order chi connectivity index (χ0) is 25.0. The Morgan fingerprint density at radius 2 is 1.81 bits per heavy atom. The van der Waals surface area contributed by atoms with E-state index in [9.17, 15) is 18.0 Å².